The smallest absolute Gasteiger partial charge is 0.246 e. The van der Waals surface area contributed by atoms with Gasteiger partial charge in [-0.25, -0.2) is 9.97 Å². The van der Waals surface area contributed by atoms with Gasteiger partial charge in [0, 0.05) is 42.1 Å². The molecule has 5 heterocycles. The van der Waals surface area contributed by atoms with E-state index in [1.165, 1.54) is 24.8 Å². The fourth-order valence-electron chi connectivity index (χ4n) is 5.15. The van der Waals surface area contributed by atoms with Crippen LogP contribution in [0.4, 0.5) is 11.5 Å². The van der Waals surface area contributed by atoms with Crippen molar-refractivity contribution >= 4 is 50.6 Å². The number of anilines is 2. The maximum absolute atomic E-state index is 12.9. The number of hydrogen-bond acceptors (Lipinski definition) is 9. The minimum Gasteiger partial charge on any atom is -0.486 e. The summed E-state index contributed by atoms with van der Waals surface area (Å²) in [5.74, 6) is 1.36. The van der Waals surface area contributed by atoms with Gasteiger partial charge in [0.15, 0.2) is 0 Å². The molecule has 206 valence electrons. The van der Waals surface area contributed by atoms with Crippen molar-refractivity contribution in [2.24, 2.45) is 0 Å². The van der Waals surface area contributed by atoms with Crippen molar-refractivity contribution in [1.29, 1.82) is 0 Å². The number of likely N-dealkylation sites (tertiary alicyclic amines) is 1. The molecule has 0 atom stereocenters. The zero-order valence-electron chi connectivity index (χ0n) is 22.1. The van der Waals surface area contributed by atoms with Crippen molar-refractivity contribution in [2.45, 2.75) is 38.8 Å². The van der Waals surface area contributed by atoms with Gasteiger partial charge in [0.05, 0.1) is 28.8 Å². The Morgan fingerprint density at radius 1 is 1.12 bits per heavy atom. The first-order valence-corrected chi connectivity index (χ1v) is 14.7. The van der Waals surface area contributed by atoms with Crippen LogP contribution in [0.5, 0.6) is 5.75 Å². The minimum atomic E-state index is 0.0702. The van der Waals surface area contributed by atoms with Crippen LogP contribution in [-0.4, -0.2) is 61.8 Å². The average molecular weight is 576 g/mol. The Hall–Kier alpha value is -3.60. The van der Waals surface area contributed by atoms with Gasteiger partial charge in [0.2, 0.25) is 5.91 Å². The van der Waals surface area contributed by atoms with Crippen LogP contribution in [0.25, 0.3) is 10.2 Å². The zero-order valence-corrected chi connectivity index (χ0v) is 23.6. The van der Waals surface area contributed by atoms with E-state index in [4.69, 9.17) is 16.3 Å². The van der Waals surface area contributed by atoms with Crippen LogP contribution in [0, 0.1) is 0 Å². The molecule has 0 aliphatic carbocycles. The molecule has 0 spiro atoms. The second-order valence-corrected chi connectivity index (χ2v) is 11.4. The van der Waals surface area contributed by atoms with Gasteiger partial charge < -0.3 is 15.0 Å². The predicted molar refractivity (Wildman–Crippen MR) is 157 cm³/mol. The molecule has 0 radical (unpaired) electrons. The van der Waals surface area contributed by atoms with Gasteiger partial charge in [0.1, 0.15) is 29.3 Å². The number of hydrogen-bond donors (Lipinski definition) is 1. The number of halogens is 1. The van der Waals surface area contributed by atoms with Crippen LogP contribution in [-0.2, 0) is 24.4 Å². The summed E-state index contributed by atoms with van der Waals surface area (Å²) in [6.07, 6.45) is 14.8. The minimum absolute atomic E-state index is 0.0702. The molecule has 0 unspecified atom stereocenters. The summed E-state index contributed by atoms with van der Waals surface area (Å²) >= 11 is 8.15. The van der Waals surface area contributed by atoms with E-state index in [1.807, 2.05) is 29.2 Å². The number of fused-ring (bicyclic) bond motifs is 3. The summed E-state index contributed by atoms with van der Waals surface area (Å²) in [7, 11) is 0. The molecule has 1 amide bonds. The highest BCUT2D eigenvalue weighted by Gasteiger charge is 2.25. The second kappa shape index (κ2) is 12.3. The Morgan fingerprint density at radius 3 is 2.85 bits per heavy atom. The van der Waals surface area contributed by atoms with Gasteiger partial charge in [0.25, 0.3) is 0 Å². The lowest BCUT2D eigenvalue weighted by atomic mass is 10.0. The molecule has 1 aromatic carbocycles. The third-order valence-electron chi connectivity index (χ3n) is 7.21. The molecule has 1 saturated heterocycles. The molecule has 0 saturated carbocycles. The number of ether oxygens (including phenoxy) is 1. The van der Waals surface area contributed by atoms with Crippen molar-refractivity contribution in [1.82, 2.24) is 29.7 Å². The lowest BCUT2D eigenvalue weighted by Crippen LogP contribution is -2.34. The molecule has 2 aliphatic heterocycles. The lowest BCUT2D eigenvalue weighted by molar-refractivity contribution is -0.126. The van der Waals surface area contributed by atoms with Gasteiger partial charge in [-0.05, 0) is 56.1 Å². The van der Waals surface area contributed by atoms with E-state index in [2.05, 4.69) is 30.2 Å². The van der Waals surface area contributed by atoms with Gasteiger partial charge in [-0.3, -0.25) is 19.7 Å². The van der Waals surface area contributed by atoms with Crippen molar-refractivity contribution in [2.75, 3.05) is 31.5 Å². The number of carbonyl (C=O) groups excluding carboxylic acids is 1. The van der Waals surface area contributed by atoms with Crippen molar-refractivity contribution < 1.29 is 9.53 Å². The number of nitrogens with one attached hydrogen (secondary N) is 1. The van der Waals surface area contributed by atoms with Crippen molar-refractivity contribution in [3.05, 3.63) is 76.4 Å². The molecular weight excluding hydrogens is 546 g/mol. The fraction of sp³-hybridized carbons (Fsp3) is 0.345. The number of aromatic nitrogens is 4. The number of rotatable bonds is 8. The number of nitrogens with zero attached hydrogens (tertiary/aromatic N) is 6. The molecule has 3 aromatic heterocycles. The number of piperidine rings is 1. The highest BCUT2D eigenvalue weighted by Crippen LogP contribution is 2.38. The molecule has 9 nitrogen and oxygen atoms in total. The van der Waals surface area contributed by atoms with Gasteiger partial charge in [-0.2, -0.15) is 0 Å². The van der Waals surface area contributed by atoms with Gasteiger partial charge >= 0.3 is 0 Å². The molecule has 2 aliphatic rings. The fourth-order valence-corrected chi connectivity index (χ4v) is 6.59. The summed E-state index contributed by atoms with van der Waals surface area (Å²) < 4.78 is 5.82. The summed E-state index contributed by atoms with van der Waals surface area (Å²) in [5.41, 5.74) is 2.72. The predicted octanol–water partition coefficient (Wildman–Crippen LogP) is 5.38. The third kappa shape index (κ3) is 6.09. The van der Waals surface area contributed by atoms with E-state index < -0.39 is 0 Å². The Balaban J connectivity index is 1.13. The Bertz CT molecular complexity index is 1520. The number of benzene rings is 1. The highest BCUT2D eigenvalue weighted by atomic mass is 35.5. The molecular formula is C29H30ClN7O2S. The Morgan fingerprint density at radius 2 is 2.02 bits per heavy atom. The van der Waals surface area contributed by atoms with Crippen LogP contribution in [0.3, 0.4) is 0 Å². The van der Waals surface area contributed by atoms with Crippen LogP contribution in [0.2, 0.25) is 5.02 Å². The van der Waals surface area contributed by atoms with Gasteiger partial charge in [-0.15, -0.1) is 11.3 Å². The summed E-state index contributed by atoms with van der Waals surface area (Å²) in [6, 6.07) is 5.54. The molecule has 1 fully saturated rings. The first-order chi connectivity index (χ1) is 19.6. The molecule has 40 heavy (non-hydrogen) atoms. The highest BCUT2D eigenvalue weighted by molar-refractivity contribution is 7.19. The monoisotopic (exact) mass is 575 g/mol. The number of thiophene rings is 1. The van der Waals surface area contributed by atoms with E-state index >= 15 is 0 Å². The zero-order chi connectivity index (χ0) is 27.3. The quantitative estimate of drug-likeness (QED) is 0.280. The van der Waals surface area contributed by atoms with E-state index in [1.54, 1.807) is 42.3 Å². The van der Waals surface area contributed by atoms with Crippen LogP contribution < -0.4 is 10.1 Å². The Labute approximate surface area is 241 Å². The summed E-state index contributed by atoms with van der Waals surface area (Å²) in [4.78, 5) is 36.7. The third-order valence-corrected chi connectivity index (χ3v) is 8.63. The van der Waals surface area contributed by atoms with E-state index in [0.717, 1.165) is 58.3 Å². The first kappa shape index (κ1) is 26.6. The van der Waals surface area contributed by atoms with E-state index in [-0.39, 0.29) is 12.5 Å². The summed E-state index contributed by atoms with van der Waals surface area (Å²) in [6.45, 7) is 4.63. The molecule has 0 bridgehead atoms. The standard InChI is InChI=1S/C29H30ClN7O2S/c30-23-15-20(6-7-24(23)39-18-21-16-31-9-10-32-21)35-28-27-22-8-14-37(17-25(22)40-29(27)34-19-33-28)26(38)5-4-13-36-11-2-1-3-12-36/h4-7,9-10,15-16,19H,1-3,8,11-14,17-18H2,(H,33,34,35)/b5-4+. The first-order valence-electron chi connectivity index (χ1n) is 13.5. The maximum Gasteiger partial charge on any atom is 0.246 e. The largest absolute Gasteiger partial charge is 0.486 e. The topological polar surface area (TPSA) is 96.4 Å². The van der Waals surface area contributed by atoms with Crippen LogP contribution in [0.1, 0.15) is 35.4 Å². The Kier molecular flexibility index (Phi) is 8.17. The van der Waals surface area contributed by atoms with Crippen LogP contribution in [0.15, 0.2) is 55.3 Å². The molecule has 11 heteroatoms. The normalized spacial score (nSPS) is 15.9. The number of carbonyl (C=O) groups is 1. The van der Waals surface area contributed by atoms with E-state index in [0.29, 0.717) is 23.9 Å². The van der Waals surface area contributed by atoms with Gasteiger partial charge in [-0.1, -0.05) is 24.1 Å². The lowest BCUT2D eigenvalue weighted by Gasteiger charge is -2.27. The van der Waals surface area contributed by atoms with Crippen LogP contribution >= 0.6 is 22.9 Å². The maximum atomic E-state index is 12.9. The molecule has 4 aromatic rings. The molecule has 6 rings (SSSR count). The summed E-state index contributed by atoms with van der Waals surface area (Å²) in [5, 5.41) is 4.90. The molecule has 1 N–H and O–H groups in total. The van der Waals surface area contributed by atoms with Crippen molar-refractivity contribution in [3.8, 4) is 5.75 Å². The SMILES string of the molecule is O=C(/C=C/CN1CCCCC1)N1CCc2c(sc3ncnc(Nc4ccc(OCc5cnccn5)c(Cl)c4)c23)C1. The average Bonchev–Trinajstić information content (AvgIpc) is 3.37. The van der Waals surface area contributed by atoms with Crippen molar-refractivity contribution in [3.63, 3.8) is 0 Å². The van der Waals surface area contributed by atoms with E-state index in [9.17, 15) is 4.79 Å². The number of amides is 1. The second-order valence-electron chi connectivity index (χ2n) is 9.94.